The van der Waals surface area contributed by atoms with Gasteiger partial charge in [0.2, 0.25) is 0 Å². The van der Waals surface area contributed by atoms with Crippen LogP contribution < -0.4 is 5.32 Å². The highest BCUT2D eigenvalue weighted by Crippen LogP contribution is 2.47. The van der Waals surface area contributed by atoms with Gasteiger partial charge in [-0.2, -0.15) is 0 Å². The third kappa shape index (κ3) is 2.51. The number of hydrogen-bond donors (Lipinski definition) is 1. The number of benzene rings is 1. The standard InChI is InChI=1S/C15H20F3NO/c1-4-15(3)12(8-13(15)20-5-2)19-11-7-9(16)6-10(17)14(11)18/h6-7,12-13,19H,4-5,8H2,1-3H3. The number of anilines is 1. The van der Waals surface area contributed by atoms with Gasteiger partial charge in [0.1, 0.15) is 5.82 Å². The van der Waals surface area contributed by atoms with Crippen molar-refractivity contribution in [2.45, 2.75) is 45.8 Å². The molecular weight excluding hydrogens is 267 g/mol. The summed E-state index contributed by atoms with van der Waals surface area (Å²) in [5.41, 5.74) is -0.284. The van der Waals surface area contributed by atoms with E-state index < -0.39 is 17.5 Å². The van der Waals surface area contributed by atoms with Crippen LogP contribution in [0.25, 0.3) is 0 Å². The van der Waals surface area contributed by atoms with E-state index in [9.17, 15) is 13.2 Å². The summed E-state index contributed by atoms with van der Waals surface area (Å²) >= 11 is 0. The van der Waals surface area contributed by atoms with Crippen molar-refractivity contribution in [1.29, 1.82) is 0 Å². The zero-order chi connectivity index (χ0) is 14.9. The van der Waals surface area contributed by atoms with Crippen LogP contribution in [0, 0.1) is 22.9 Å². The monoisotopic (exact) mass is 287 g/mol. The van der Waals surface area contributed by atoms with Crippen molar-refractivity contribution in [2.24, 2.45) is 5.41 Å². The quantitative estimate of drug-likeness (QED) is 0.823. The SMILES string of the molecule is CCOC1CC(Nc2cc(F)cc(F)c2F)C1(C)CC. The summed E-state index contributed by atoms with van der Waals surface area (Å²) in [5, 5.41) is 2.92. The van der Waals surface area contributed by atoms with Gasteiger partial charge in [-0.15, -0.1) is 0 Å². The van der Waals surface area contributed by atoms with Gasteiger partial charge in [-0.3, -0.25) is 0 Å². The smallest absolute Gasteiger partial charge is 0.182 e. The molecule has 2 nitrogen and oxygen atoms in total. The van der Waals surface area contributed by atoms with Crippen LogP contribution >= 0.6 is 0 Å². The van der Waals surface area contributed by atoms with Crippen LogP contribution in [-0.2, 0) is 4.74 Å². The number of hydrogen-bond acceptors (Lipinski definition) is 2. The third-order valence-corrected chi connectivity index (χ3v) is 4.43. The molecule has 5 heteroatoms. The van der Waals surface area contributed by atoms with E-state index in [1.165, 1.54) is 0 Å². The molecule has 0 bridgehead atoms. The second-order valence-corrected chi connectivity index (χ2v) is 5.49. The van der Waals surface area contributed by atoms with Crippen LogP contribution in [0.3, 0.4) is 0 Å². The van der Waals surface area contributed by atoms with Gasteiger partial charge >= 0.3 is 0 Å². The molecule has 1 aromatic rings. The predicted molar refractivity (Wildman–Crippen MR) is 72.2 cm³/mol. The van der Waals surface area contributed by atoms with Gasteiger partial charge < -0.3 is 10.1 Å². The lowest BCUT2D eigenvalue weighted by Crippen LogP contribution is -2.59. The number of halogens is 3. The van der Waals surface area contributed by atoms with E-state index in [0.717, 1.165) is 12.5 Å². The van der Waals surface area contributed by atoms with Crippen molar-refractivity contribution in [3.8, 4) is 0 Å². The second-order valence-electron chi connectivity index (χ2n) is 5.49. The molecule has 2 rings (SSSR count). The van der Waals surface area contributed by atoms with Crippen molar-refractivity contribution < 1.29 is 17.9 Å². The van der Waals surface area contributed by atoms with E-state index in [1.54, 1.807) is 0 Å². The Morgan fingerprint density at radius 2 is 2.00 bits per heavy atom. The maximum atomic E-state index is 13.7. The molecule has 20 heavy (non-hydrogen) atoms. The minimum atomic E-state index is -1.17. The Labute approximate surface area is 117 Å². The van der Waals surface area contributed by atoms with Crippen LogP contribution in [0.2, 0.25) is 0 Å². The topological polar surface area (TPSA) is 21.3 Å². The average molecular weight is 287 g/mol. The van der Waals surface area contributed by atoms with E-state index in [2.05, 4.69) is 5.32 Å². The summed E-state index contributed by atoms with van der Waals surface area (Å²) in [7, 11) is 0. The number of ether oxygens (including phenoxy) is 1. The average Bonchev–Trinajstić information content (AvgIpc) is 2.41. The highest BCUT2D eigenvalue weighted by Gasteiger charge is 2.51. The second kappa shape index (κ2) is 5.64. The first-order chi connectivity index (χ1) is 9.42. The van der Waals surface area contributed by atoms with Crippen molar-refractivity contribution in [3.05, 3.63) is 29.6 Å². The van der Waals surface area contributed by atoms with Crippen LogP contribution in [0.1, 0.15) is 33.6 Å². The summed E-state index contributed by atoms with van der Waals surface area (Å²) in [4.78, 5) is 0. The van der Waals surface area contributed by atoms with E-state index >= 15 is 0 Å². The van der Waals surface area contributed by atoms with Crippen molar-refractivity contribution in [3.63, 3.8) is 0 Å². The molecular formula is C15H20F3NO. The lowest BCUT2D eigenvalue weighted by atomic mass is 9.61. The van der Waals surface area contributed by atoms with Gasteiger partial charge in [-0.05, 0) is 19.8 Å². The molecule has 3 atom stereocenters. The molecule has 0 spiro atoms. The minimum absolute atomic E-state index is 0.0558. The summed E-state index contributed by atoms with van der Waals surface area (Å²) in [5.74, 6) is -3.00. The van der Waals surface area contributed by atoms with Crippen LogP contribution in [0.15, 0.2) is 12.1 Å². The first-order valence-corrected chi connectivity index (χ1v) is 6.95. The molecule has 1 fully saturated rings. The van der Waals surface area contributed by atoms with E-state index in [-0.39, 0.29) is 23.2 Å². The molecule has 0 heterocycles. The van der Waals surface area contributed by atoms with Crippen LogP contribution in [-0.4, -0.2) is 18.8 Å². The van der Waals surface area contributed by atoms with E-state index in [4.69, 9.17) is 4.74 Å². The Hall–Kier alpha value is -1.23. The molecule has 0 radical (unpaired) electrons. The lowest BCUT2D eigenvalue weighted by molar-refractivity contribution is -0.109. The van der Waals surface area contributed by atoms with Gasteiger partial charge in [0, 0.05) is 30.2 Å². The predicted octanol–water partition coefficient (Wildman–Crippen LogP) is 4.11. The molecule has 1 aliphatic rings. The fourth-order valence-electron chi connectivity index (χ4n) is 2.82. The molecule has 0 aliphatic heterocycles. The Morgan fingerprint density at radius 3 is 2.60 bits per heavy atom. The maximum absolute atomic E-state index is 13.7. The van der Waals surface area contributed by atoms with Gasteiger partial charge in [0.15, 0.2) is 11.6 Å². The van der Waals surface area contributed by atoms with Crippen molar-refractivity contribution in [2.75, 3.05) is 11.9 Å². The molecule has 0 saturated heterocycles. The van der Waals surface area contributed by atoms with Gasteiger partial charge in [-0.25, -0.2) is 13.2 Å². The fourth-order valence-corrected chi connectivity index (χ4v) is 2.82. The number of nitrogens with one attached hydrogen (secondary N) is 1. The molecule has 1 aliphatic carbocycles. The molecule has 1 aromatic carbocycles. The Bertz CT molecular complexity index is 494. The first-order valence-electron chi connectivity index (χ1n) is 6.95. The molecule has 3 unspecified atom stereocenters. The fraction of sp³-hybridized carbons (Fsp3) is 0.600. The molecule has 0 aromatic heterocycles. The Balaban J connectivity index is 2.15. The molecule has 112 valence electrons. The normalized spacial score (nSPS) is 29.1. The minimum Gasteiger partial charge on any atom is -0.379 e. The van der Waals surface area contributed by atoms with Gasteiger partial charge in [0.05, 0.1) is 11.8 Å². The summed E-state index contributed by atoms with van der Waals surface area (Å²) in [6, 6.07) is 1.48. The summed E-state index contributed by atoms with van der Waals surface area (Å²) in [6.45, 7) is 6.62. The Kier molecular flexibility index (Phi) is 4.28. The van der Waals surface area contributed by atoms with E-state index in [0.29, 0.717) is 19.1 Å². The molecule has 1 saturated carbocycles. The zero-order valence-corrected chi connectivity index (χ0v) is 12.0. The van der Waals surface area contributed by atoms with Crippen LogP contribution in [0.5, 0.6) is 0 Å². The van der Waals surface area contributed by atoms with Crippen molar-refractivity contribution >= 4 is 5.69 Å². The highest BCUT2D eigenvalue weighted by atomic mass is 19.2. The van der Waals surface area contributed by atoms with Gasteiger partial charge in [-0.1, -0.05) is 13.8 Å². The zero-order valence-electron chi connectivity index (χ0n) is 12.0. The summed E-state index contributed by atoms with van der Waals surface area (Å²) < 4.78 is 45.7. The van der Waals surface area contributed by atoms with Crippen LogP contribution in [0.4, 0.5) is 18.9 Å². The third-order valence-electron chi connectivity index (χ3n) is 4.43. The largest absolute Gasteiger partial charge is 0.379 e. The lowest BCUT2D eigenvalue weighted by Gasteiger charge is -2.53. The maximum Gasteiger partial charge on any atom is 0.182 e. The summed E-state index contributed by atoms with van der Waals surface area (Å²) in [6.07, 6.45) is 1.64. The van der Waals surface area contributed by atoms with Gasteiger partial charge in [0.25, 0.3) is 0 Å². The van der Waals surface area contributed by atoms with Crippen molar-refractivity contribution in [1.82, 2.24) is 0 Å². The first kappa shape index (κ1) is 15.2. The Morgan fingerprint density at radius 1 is 1.30 bits per heavy atom. The molecule has 0 amide bonds. The number of rotatable bonds is 5. The molecule has 1 N–H and O–H groups in total. The highest BCUT2D eigenvalue weighted by molar-refractivity contribution is 5.47. The van der Waals surface area contributed by atoms with E-state index in [1.807, 2.05) is 20.8 Å².